The predicted molar refractivity (Wildman–Crippen MR) is 51.0 cm³/mol. The fourth-order valence-electron chi connectivity index (χ4n) is 1.25. The third kappa shape index (κ3) is 4.04. The van der Waals surface area contributed by atoms with Crippen LogP contribution in [0.3, 0.4) is 0 Å². The molecule has 0 aliphatic heterocycles. The third-order valence-electron chi connectivity index (χ3n) is 2.00. The smallest absolute Gasteiger partial charge is 0.123 e. The van der Waals surface area contributed by atoms with Crippen molar-refractivity contribution in [3.8, 4) is 0 Å². The van der Waals surface area contributed by atoms with E-state index in [1.807, 2.05) is 0 Å². The van der Waals surface area contributed by atoms with Gasteiger partial charge in [0.2, 0.25) is 0 Å². The van der Waals surface area contributed by atoms with Crippen LogP contribution in [0.15, 0.2) is 24.3 Å². The molecule has 0 saturated carbocycles. The van der Waals surface area contributed by atoms with E-state index >= 15 is 0 Å². The van der Waals surface area contributed by atoms with Crippen LogP contribution in [0.25, 0.3) is 0 Å². The van der Waals surface area contributed by atoms with Crippen LogP contribution in [-0.4, -0.2) is 11.2 Å². The van der Waals surface area contributed by atoms with Gasteiger partial charge in [0.25, 0.3) is 0 Å². The Hall–Kier alpha value is -0.890. The van der Waals surface area contributed by atoms with Crippen molar-refractivity contribution >= 4 is 0 Å². The fourth-order valence-corrected chi connectivity index (χ4v) is 1.25. The molecule has 1 atom stereocenters. The van der Waals surface area contributed by atoms with Crippen molar-refractivity contribution in [2.45, 2.75) is 32.3 Å². The number of benzene rings is 1. The van der Waals surface area contributed by atoms with Crippen LogP contribution in [0.5, 0.6) is 0 Å². The standard InChI is InChI=1S/C11H15FO/c1-9(13)3-2-4-10-5-7-11(12)8-6-10/h5-9,13H,2-4H2,1H3/t9-/m1/s1. The summed E-state index contributed by atoms with van der Waals surface area (Å²) in [4.78, 5) is 0. The van der Waals surface area contributed by atoms with Gasteiger partial charge in [-0.15, -0.1) is 0 Å². The van der Waals surface area contributed by atoms with Crippen LogP contribution >= 0.6 is 0 Å². The molecule has 1 rings (SSSR count). The molecule has 0 bridgehead atoms. The van der Waals surface area contributed by atoms with E-state index < -0.39 is 0 Å². The Morgan fingerprint density at radius 3 is 2.46 bits per heavy atom. The van der Waals surface area contributed by atoms with Crippen molar-refractivity contribution in [3.05, 3.63) is 35.6 Å². The number of aryl methyl sites for hydroxylation is 1. The lowest BCUT2D eigenvalue weighted by Crippen LogP contribution is -1.99. The molecule has 1 nitrogen and oxygen atoms in total. The number of rotatable bonds is 4. The molecule has 0 radical (unpaired) electrons. The van der Waals surface area contributed by atoms with Crippen molar-refractivity contribution in [1.29, 1.82) is 0 Å². The highest BCUT2D eigenvalue weighted by molar-refractivity contribution is 5.15. The molecule has 1 N–H and O–H groups in total. The zero-order valence-corrected chi connectivity index (χ0v) is 7.83. The number of hydrogen-bond acceptors (Lipinski definition) is 1. The second-order valence-electron chi connectivity index (χ2n) is 3.37. The van der Waals surface area contributed by atoms with Gasteiger partial charge in [-0.25, -0.2) is 4.39 Å². The first-order valence-electron chi connectivity index (χ1n) is 4.61. The van der Waals surface area contributed by atoms with Crippen molar-refractivity contribution in [2.24, 2.45) is 0 Å². The summed E-state index contributed by atoms with van der Waals surface area (Å²) in [5.41, 5.74) is 1.13. The van der Waals surface area contributed by atoms with Crippen LogP contribution in [-0.2, 0) is 6.42 Å². The highest BCUT2D eigenvalue weighted by Crippen LogP contribution is 2.07. The van der Waals surface area contributed by atoms with E-state index in [-0.39, 0.29) is 11.9 Å². The van der Waals surface area contributed by atoms with Crippen LogP contribution in [0.1, 0.15) is 25.3 Å². The molecule has 1 aromatic rings. The SMILES string of the molecule is C[C@@H](O)CCCc1ccc(F)cc1. The average Bonchev–Trinajstić information content (AvgIpc) is 2.08. The summed E-state index contributed by atoms with van der Waals surface area (Å²) in [6.45, 7) is 1.78. The van der Waals surface area contributed by atoms with Crippen molar-refractivity contribution in [1.82, 2.24) is 0 Å². The molecule has 72 valence electrons. The van der Waals surface area contributed by atoms with Gasteiger partial charge in [0.1, 0.15) is 5.82 Å². The summed E-state index contributed by atoms with van der Waals surface area (Å²) in [6.07, 6.45) is 2.42. The highest BCUT2D eigenvalue weighted by Gasteiger charge is 1.97. The predicted octanol–water partition coefficient (Wildman–Crippen LogP) is 2.53. The monoisotopic (exact) mass is 182 g/mol. The molecule has 0 saturated heterocycles. The van der Waals surface area contributed by atoms with Gasteiger partial charge in [0.05, 0.1) is 6.10 Å². The minimum atomic E-state index is -0.236. The molecule has 1 aromatic carbocycles. The molecular formula is C11H15FO. The zero-order chi connectivity index (χ0) is 9.68. The van der Waals surface area contributed by atoms with E-state index in [1.165, 1.54) is 12.1 Å². The van der Waals surface area contributed by atoms with Crippen molar-refractivity contribution in [3.63, 3.8) is 0 Å². The summed E-state index contributed by atoms with van der Waals surface area (Å²) in [5.74, 6) is -0.195. The molecule has 0 amide bonds. The van der Waals surface area contributed by atoms with Crippen LogP contribution in [0, 0.1) is 5.82 Å². The second-order valence-corrected chi connectivity index (χ2v) is 3.37. The van der Waals surface area contributed by atoms with Crippen molar-refractivity contribution in [2.75, 3.05) is 0 Å². The van der Waals surface area contributed by atoms with Gasteiger partial charge in [0, 0.05) is 0 Å². The normalized spacial score (nSPS) is 12.8. The Morgan fingerprint density at radius 1 is 1.31 bits per heavy atom. The molecule has 0 unspecified atom stereocenters. The summed E-state index contributed by atoms with van der Waals surface area (Å²) < 4.78 is 12.5. The molecule has 2 heteroatoms. The van der Waals surface area contributed by atoms with Gasteiger partial charge < -0.3 is 5.11 Å². The lowest BCUT2D eigenvalue weighted by atomic mass is 10.1. The fraction of sp³-hybridized carbons (Fsp3) is 0.455. The topological polar surface area (TPSA) is 20.2 Å². The van der Waals surface area contributed by atoms with Crippen LogP contribution in [0.4, 0.5) is 4.39 Å². The first-order chi connectivity index (χ1) is 6.18. The summed E-state index contributed by atoms with van der Waals surface area (Å²) in [5, 5.41) is 9.01. The van der Waals surface area contributed by atoms with Crippen molar-refractivity contribution < 1.29 is 9.50 Å². The van der Waals surface area contributed by atoms with E-state index in [9.17, 15) is 4.39 Å². The Kier molecular flexibility index (Phi) is 3.90. The van der Waals surface area contributed by atoms with Crippen LogP contribution < -0.4 is 0 Å². The summed E-state index contributed by atoms with van der Waals surface area (Å²) in [6, 6.07) is 6.52. The Balaban J connectivity index is 2.33. The molecule has 0 aliphatic carbocycles. The number of aliphatic hydroxyl groups is 1. The Labute approximate surface area is 78.2 Å². The quantitative estimate of drug-likeness (QED) is 0.758. The van der Waals surface area contributed by atoms with E-state index in [0.29, 0.717) is 0 Å². The maximum atomic E-state index is 12.5. The second kappa shape index (κ2) is 4.97. The lowest BCUT2D eigenvalue weighted by molar-refractivity contribution is 0.182. The van der Waals surface area contributed by atoms with E-state index in [2.05, 4.69) is 0 Å². The molecule has 0 heterocycles. The van der Waals surface area contributed by atoms with Gasteiger partial charge in [-0.1, -0.05) is 12.1 Å². The zero-order valence-electron chi connectivity index (χ0n) is 7.83. The summed E-state index contributed by atoms with van der Waals surface area (Å²) >= 11 is 0. The minimum absolute atomic E-state index is 0.195. The number of hydrogen-bond donors (Lipinski definition) is 1. The number of aliphatic hydroxyl groups excluding tert-OH is 1. The largest absolute Gasteiger partial charge is 0.393 e. The van der Waals surface area contributed by atoms with E-state index in [1.54, 1.807) is 19.1 Å². The molecular weight excluding hydrogens is 167 g/mol. The first kappa shape index (κ1) is 10.2. The Bertz CT molecular complexity index is 241. The van der Waals surface area contributed by atoms with Gasteiger partial charge in [-0.3, -0.25) is 0 Å². The average molecular weight is 182 g/mol. The van der Waals surface area contributed by atoms with Gasteiger partial charge in [-0.05, 0) is 43.9 Å². The Morgan fingerprint density at radius 2 is 1.92 bits per heavy atom. The van der Waals surface area contributed by atoms with E-state index in [4.69, 9.17) is 5.11 Å². The molecule has 0 aromatic heterocycles. The maximum Gasteiger partial charge on any atom is 0.123 e. The summed E-state index contributed by atoms with van der Waals surface area (Å²) in [7, 11) is 0. The molecule has 0 aliphatic rings. The minimum Gasteiger partial charge on any atom is -0.393 e. The molecule has 0 spiro atoms. The van der Waals surface area contributed by atoms with Crippen LogP contribution in [0.2, 0.25) is 0 Å². The van der Waals surface area contributed by atoms with Gasteiger partial charge in [0.15, 0.2) is 0 Å². The maximum absolute atomic E-state index is 12.5. The molecule has 0 fully saturated rings. The third-order valence-corrected chi connectivity index (χ3v) is 2.00. The van der Waals surface area contributed by atoms with Gasteiger partial charge in [-0.2, -0.15) is 0 Å². The lowest BCUT2D eigenvalue weighted by Gasteiger charge is -2.03. The number of halogens is 1. The highest BCUT2D eigenvalue weighted by atomic mass is 19.1. The first-order valence-corrected chi connectivity index (χ1v) is 4.61. The molecule has 13 heavy (non-hydrogen) atoms. The van der Waals surface area contributed by atoms with E-state index in [0.717, 1.165) is 24.8 Å². The van der Waals surface area contributed by atoms with Gasteiger partial charge >= 0.3 is 0 Å².